The van der Waals surface area contributed by atoms with Crippen molar-refractivity contribution in [1.29, 1.82) is 0 Å². The average Bonchev–Trinajstić information content (AvgIpc) is 4.11. The quantitative estimate of drug-likeness (QED) is 0.161. The van der Waals surface area contributed by atoms with Gasteiger partial charge in [-0.3, -0.25) is 0 Å². The minimum atomic E-state index is 0.620. The Morgan fingerprint density at radius 1 is 0.290 bits per heavy atom. The van der Waals surface area contributed by atoms with Crippen molar-refractivity contribution in [2.24, 2.45) is 0 Å². The molecule has 4 aromatic heterocycles. The largest absolute Gasteiger partial charge is 0.456 e. The highest BCUT2D eigenvalue weighted by atomic mass is 32.1. The highest BCUT2D eigenvalue weighted by molar-refractivity contribution is 7.26. The molecule has 4 heterocycles. The molecule has 6 heteroatoms. The molecule has 5 nitrogen and oxygen atoms in total. The van der Waals surface area contributed by atoms with Crippen molar-refractivity contribution in [2.75, 3.05) is 0 Å². The van der Waals surface area contributed by atoms with Crippen LogP contribution >= 0.6 is 11.3 Å². The van der Waals surface area contributed by atoms with Gasteiger partial charge in [0.1, 0.15) is 22.3 Å². The molecular formula is C63H35N3O2S. The van der Waals surface area contributed by atoms with Crippen molar-refractivity contribution in [2.45, 2.75) is 0 Å². The van der Waals surface area contributed by atoms with Crippen LogP contribution in [0.2, 0.25) is 0 Å². The van der Waals surface area contributed by atoms with Crippen molar-refractivity contribution in [1.82, 2.24) is 15.0 Å². The minimum absolute atomic E-state index is 0.620. The Hall–Kier alpha value is -8.97. The Kier molecular flexibility index (Phi) is 8.17. The van der Waals surface area contributed by atoms with E-state index >= 15 is 0 Å². The number of hydrogen-bond donors (Lipinski definition) is 0. The van der Waals surface area contributed by atoms with Crippen LogP contribution in [-0.2, 0) is 0 Å². The first-order chi connectivity index (χ1) is 34.2. The van der Waals surface area contributed by atoms with Crippen molar-refractivity contribution in [3.8, 4) is 56.4 Å². The fourth-order valence-electron chi connectivity index (χ4n) is 10.8. The summed E-state index contributed by atoms with van der Waals surface area (Å²) in [5.74, 6) is 1.89. The number of furan rings is 2. The van der Waals surface area contributed by atoms with E-state index in [4.69, 9.17) is 23.8 Å². The number of rotatable bonds is 5. The van der Waals surface area contributed by atoms with Crippen molar-refractivity contribution in [3.63, 3.8) is 0 Å². The summed E-state index contributed by atoms with van der Waals surface area (Å²) in [6.45, 7) is 0. The van der Waals surface area contributed by atoms with Gasteiger partial charge in [0.25, 0.3) is 0 Å². The lowest BCUT2D eigenvalue weighted by atomic mass is 9.92. The molecule has 0 saturated carbocycles. The lowest BCUT2D eigenvalue weighted by Crippen LogP contribution is -2.01. The van der Waals surface area contributed by atoms with E-state index in [1.54, 1.807) is 11.3 Å². The maximum Gasteiger partial charge on any atom is 0.165 e. The molecule has 0 bridgehead atoms. The number of hydrogen-bond acceptors (Lipinski definition) is 6. The molecule has 15 aromatic rings. The molecule has 0 fully saturated rings. The Morgan fingerprint density at radius 2 is 0.841 bits per heavy atom. The second-order valence-corrected chi connectivity index (χ2v) is 18.8. The van der Waals surface area contributed by atoms with Crippen LogP contribution in [0.4, 0.5) is 0 Å². The highest BCUT2D eigenvalue weighted by Crippen LogP contribution is 2.45. The Morgan fingerprint density at radius 3 is 1.71 bits per heavy atom. The normalized spacial score (nSPS) is 12.1. The van der Waals surface area contributed by atoms with E-state index in [0.29, 0.717) is 17.5 Å². The zero-order chi connectivity index (χ0) is 45.2. The fourth-order valence-corrected chi connectivity index (χ4v) is 12.0. The number of benzene rings is 11. The number of aromatic nitrogens is 3. The molecule has 0 radical (unpaired) electrons. The molecule has 15 rings (SSSR count). The summed E-state index contributed by atoms with van der Waals surface area (Å²) in [4.78, 5) is 16.1. The van der Waals surface area contributed by atoms with Gasteiger partial charge in [0.2, 0.25) is 0 Å². The standard InChI is InChI=1S/C63H35N3O2S/c1-2-13-40-36(12-1)26-27-37-34-39(29-30-41(37)40)61-64-62(66-63(65-61)52-21-9-20-48-46-16-6-8-25-57(46)69-60(48)52)49-33-32-45(43-14-3-4-15-44(43)49)47-19-11-24-55-59(47)51-31-28-38(35-56(51)68-55)42-18-10-23-54-58(42)50-17-5-7-22-53(50)67-54/h1-35H. The van der Waals surface area contributed by atoms with Crippen LogP contribution in [0.3, 0.4) is 0 Å². The first-order valence-electron chi connectivity index (χ1n) is 23.2. The maximum atomic E-state index is 6.72. The summed E-state index contributed by atoms with van der Waals surface area (Å²) in [6.07, 6.45) is 0. The maximum absolute atomic E-state index is 6.72. The van der Waals surface area contributed by atoms with Crippen LogP contribution in [0.1, 0.15) is 0 Å². The Bertz CT molecular complexity index is 4640. The summed E-state index contributed by atoms with van der Waals surface area (Å²) >= 11 is 1.78. The van der Waals surface area contributed by atoms with Crippen LogP contribution in [0, 0.1) is 0 Å². The summed E-state index contributed by atoms with van der Waals surface area (Å²) in [6, 6.07) is 75.0. The van der Waals surface area contributed by atoms with Gasteiger partial charge in [-0.2, -0.15) is 0 Å². The SMILES string of the molecule is c1ccc2c(c1)ccc1cc(-c3nc(-c4ccc(-c5cccc6oc7cc(-c8cccc9oc%10ccccc%10c89)ccc7c56)c5ccccc45)nc(-c4cccc5c4sc4ccccc45)n3)ccc12. The molecule has 0 unspecified atom stereocenters. The van der Waals surface area contributed by atoms with Gasteiger partial charge >= 0.3 is 0 Å². The van der Waals surface area contributed by atoms with E-state index < -0.39 is 0 Å². The third-order valence-corrected chi connectivity index (χ3v) is 15.2. The average molecular weight is 898 g/mol. The fraction of sp³-hybridized carbons (Fsp3) is 0. The lowest BCUT2D eigenvalue weighted by molar-refractivity contribution is 0.668. The monoisotopic (exact) mass is 897 g/mol. The zero-order valence-corrected chi connectivity index (χ0v) is 37.6. The van der Waals surface area contributed by atoms with E-state index in [0.717, 1.165) is 104 Å². The first kappa shape index (κ1) is 38.2. The number of nitrogens with zero attached hydrogens (tertiary/aromatic N) is 3. The molecule has 0 spiro atoms. The van der Waals surface area contributed by atoms with E-state index in [9.17, 15) is 0 Å². The lowest BCUT2D eigenvalue weighted by Gasteiger charge is -2.14. The predicted octanol–water partition coefficient (Wildman–Crippen LogP) is 17.8. The van der Waals surface area contributed by atoms with Crippen LogP contribution in [-0.4, -0.2) is 15.0 Å². The molecular weight excluding hydrogens is 863 g/mol. The summed E-state index contributed by atoms with van der Waals surface area (Å²) in [5, 5.41) is 13.7. The first-order valence-corrected chi connectivity index (χ1v) is 24.0. The zero-order valence-electron chi connectivity index (χ0n) is 36.8. The number of thiophene rings is 1. The van der Waals surface area contributed by atoms with Crippen LogP contribution in [0.15, 0.2) is 221 Å². The molecule has 0 aliphatic carbocycles. The Balaban J connectivity index is 0.908. The topological polar surface area (TPSA) is 65.0 Å². The smallest absolute Gasteiger partial charge is 0.165 e. The molecule has 0 aliphatic heterocycles. The molecule has 0 N–H and O–H groups in total. The number of para-hydroxylation sites is 1. The molecule has 0 aliphatic rings. The van der Waals surface area contributed by atoms with E-state index in [-0.39, 0.29) is 0 Å². The minimum Gasteiger partial charge on any atom is -0.456 e. The molecule has 0 amide bonds. The van der Waals surface area contributed by atoms with Gasteiger partial charge in [-0.1, -0.05) is 158 Å². The summed E-state index contributed by atoms with van der Waals surface area (Å²) in [7, 11) is 0. The van der Waals surface area contributed by atoms with Crippen molar-refractivity contribution >= 4 is 108 Å². The molecule has 11 aromatic carbocycles. The summed E-state index contributed by atoms with van der Waals surface area (Å²) in [5.41, 5.74) is 10.7. The van der Waals surface area contributed by atoms with Gasteiger partial charge in [0.05, 0.1) is 0 Å². The van der Waals surface area contributed by atoms with E-state index in [1.807, 2.05) is 18.2 Å². The highest BCUT2D eigenvalue weighted by Gasteiger charge is 2.21. The molecule has 320 valence electrons. The van der Waals surface area contributed by atoms with Crippen molar-refractivity contribution < 1.29 is 8.83 Å². The van der Waals surface area contributed by atoms with E-state index in [1.165, 1.54) is 31.6 Å². The van der Waals surface area contributed by atoms with Gasteiger partial charge in [-0.15, -0.1) is 11.3 Å². The molecule has 0 saturated heterocycles. The van der Waals surface area contributed by atoms with Gasteiger partial charge in [-0.05, 0) is 109 Å². The second-order valence-electron chi connectivity index (χ2n) is 17.8. The van der Waals surface area contributed by atoms with Crippen LogP contribution < -0.4 is 0 Å². The number of fused-ring (bicyclic) bond motifs is 13. The van der Waals surface area contributed by atoms with Crippen LogP contribution in [0.5, 0.6) is 0 Å². The van der Waals surface area contributed by atoms with Gasteiger partial charge in [0.15, 0.2) is 17.5 Å². The summed E-state index contributed by atoms with van der Waals surface area (Å²) < 4.78 is 15.4. The predicted molar refractivity (Wildman–Crippen MR) is 287 cm³/mol. The van der Waals surface area contributed by atoms with E-state index in [2.05, 4.69) is 194 Å². The Labute approximate surface area is 398 Å². The van der Waals surface area contributed by atoms with Gasteiger partial charge < -0.3 is 8.83 Å². The van der Waals surface area contributed by atoms with Gasteiger partial charge in [-0.25, -0.2) is 15.0 Å². The molecule has 0 atom stereocenters. The van der Waals surface area contributed by atoms with Crippen molar-refractivity contribution in [3.05, 3.63) is 212 Å². The molecule has 69 heavy (non-hydrogen) atoms. The van der Waals surface area contributed by atoms with Crippen LogP contribution in [0.25, 0.3) is 153 Å². The third kappa shape index (κ3) is 5.86. The van der Waals surface area contributed by atoms with Gasteiger partial charge in [0, 0.05) is 58.4 Å². The third-order valence-electron chi connectivity index (χ3n) is 13.9. The second kappa shape index (κ2) is 14.8.